The second kappa shape index (κ2) is 6.22. The van der Waals surface area contributed by atoms with Crippen LogP contribution in [0, 0.1) is 6.92 Å². The van der Waals surface area contributed by atoms with Crippen LogP contribution < -0.4 is 5.32 Å². The van der Waals surface area contributed by atoms with Crippen molar-refractivity contribution in [2.75, 3.05) is 6.54 Å². The number of thiazole rings is 1. The maximum atomic E-state index is 11.2. The number of nitrogens with one attached hydrogen (secondary N) is 1. The number of carbonyl (C=O) groups is 2. The van der Waals surface area contributed by atoms with E-state index in [1.165, 1.54) is 0 Å². The topological polar surface area (TPSA) is 79.3 Å². The number of rotatable bonds is 6. The molecule has 0 saturated heterocycles. The summed E-state index contributed by atoms with van der Waals surface area (Å²) in [5.74, 6) is -1.18. The van der Waals surface area contributed by atoms with Crippen LogP contribution in [0.15, 0.2) is 5.38 Å². The predicted molar refractivity (Wildman–Crippen MR) is 60.4 cm³/mol. The number of aryl methyl sites for hydroxylation is 1. The molecular formula is C10H14N2O3S. The number of carbonyl (C=O) groups excluding carboxylic acids is 1. The van der Waals surface area contributed by atoms with Crippen molar-refractivity contribution in [2.24, 2.45) is 0 Å². The molecule has 1 rings (SSSR count). The van der Waals surface area contributed by atoms with Gasteiger partial charge in [0.05, 0.1) is 17.1 Å². The Morgan fingerprint density at radius 1 is 1.50 bits per heavy atom. The largest absolute Gasteiger partial charge is 0.481 e. The molecule has 0 bridgehead atoms. The van der Waals surface area contributed by atoms with Gasteiger partial charge in [-0.2, -0.15) is 0 Å². The van der Waals surface area contributed by atoms with Crippen molar-refractivity contribution in [1.82, 2.24) is 10.3 Å². The third-order valence-electron chi connectivity index (χ3n) is 1.94. The van der Waals surface area contributed by atoms with Crippen molar-refractivity contribution in [2.45, 2.75) is 26.2 Å². The van der Waals surface area contributed by atoms with E-state index < -0.39 is 5.97 Å². The van der Waals surface area contributed by atoms with E-state index in [0.717, 1.165) is 10.7 Å². The molecule has 5 nitrogen and oxygen atoms in total. The molecule has 0 aromatic carbocycles. The van der Waals surface area contributed by atoms with E-state index in [1.54, 1.807) is 11.3 Å². The fourth-order valence-corrected chi connectivity index (χ4v) is 1.81. The maximum Gasteiger partial charge on any atom is 0.303 e. The first-order chi connectivity index (χ1) is 7.58. The normalized spacial score (nSPS) is 10.1. The van der Waals surface area contributed by atoms with Crippen LogP contribution in [0.25, 0.3) is 0 Å². The highest BCUT2D eigenvalue weighted by atomic mass is 32.1. The Balaban J connectivity index is 2.15. The van der Waals surface area contributed by atoms with Gasteiger partial charge >= 0.3 is 5.97 Å². The Morgan fingerprint density at radius 3 is 2.81 bits per heavy atom. The molecule has 0 fully saturated rings. The molecule has 2 N–H and O–H groups in total. The molecule has 1 aromatic rings. The third-order valence-corrected chi connectivity index (χ3v) is 2.76. The predicted octanol–water partition coefficient (Wildman–Crippen LogP) is 0.975. The highest BCUT2D eigenvalue weighted by Crippen LogP contribution is 2.07. The van der Waals surface area contributed by atoms with Crippen molar-refractivity contribution in [3.05, 3.63) is 16.1 Å². The van der Waals surface area contributed by atoms with Gasteiger partial charge in [0.25, 0.3) is 0 Å². The quantitative estimate of drug-likeness (QED) is 0.779. The molecule has 0 spiro atoms. The molecule has 0 saturated carbocycles. The van der Waals surface area contributed by atoms with Gasteiger partial charge in [0.15, 0.2) is 0 Å². The van der Waals surface area contributed by atoms with Crippen molar-refractivity contribution in [1.29, 1.82) is 0 Å². The second-order valence-corrected chi connectivity index (χ2v) is 4.41. The summed E-state index contributed by atoms with van der Waals surface area (Å²) in [4.78, 5) is 25.6. The summed E-state index contributed by atoms with van der Waals surface area (Å²) >= 11 is 1.58. The summed E-state index contributed by atoms with van der Waals surface area (Å²) in [6.45, 7) is 2.43. The first-order valence-corrected chi connectivity index (χ1v) is 5.85. The van der Waals surface area contributed by atoms with Gasteiger partial charge in [-0.15, -0.1) is 11.3 Å². The average molecular weight is 242 g/mol. The lowest BCUT2D eigenvalue weighted by Crippen LogP contribution is -2.26. The van der Waals surface area contributed by atoms with Gasteiger partial charge < -0.3 is 10.4 Å². The zero-order chi connectivity index (χ0) is 12.0. The lowest BCUT2D eigenvalue weighted by molar-refractivity contribution is -0.138. The van der Waals surface area contributed by atoms with E-state index in [9.17, 15) is 9.59 Å². The highest BCUT2D eigenvalue weighted by Gasteiger charge is 2.05. The maximum absolute atomic E-state index is 11.2. The van der Waals surface area contributed by atoms with Gasteiger partial charge in [-0.25, -0.2) is 4.98 Å². The van der Waals surface area contributed by atoms with Gasteiger partial charge in [0, 0.05) is 24.8 Å². The SMILES string of the molecule is Cc1nc(CCNC(=O)CCC(=O)O)cs1. The molecule has 0 aliphatic carbocycles. The van der Waals surface area contributed by atoms with Crippen LogP contribution in [0.3, 0.4) is 0 Å². The van der Waals surface area contributed by atoms with Crippen LogP contribution in [0.1, 0.15) is 23.5 Å². The van der Waals surface area contributed by atoms with Crippen LogP contribution in [0.2, 0.25) is 0 Å². The molecule has 0 aliphatic rings. The first-order valence-electron chi connectivity index (χ1n) is 4.97. The minimum Gasteiger partial charge on any atom is -0.481 e. The molecule has 0 atom stereocenters. The summed E-state index contributed by atoms with van der Waals surface area (Å²) in [5, 5.41) is 14.0. The lowest BCUT2D eigenvalue weighted by atomic mass is 10.3. The van der Waals surface area contributed by atoms with Gasteiger partial charge in [0.1, 0.15) is 0 Å². The zero-order valence-corrected chi connectivity index (χ0v) is 9.84. The summed E-state index contributed by atoms with van der Waals surface area (Å²) in [5.41, 5.74) is 0.959. The Morgan fingerprint density at radius 2 is 2.25 bits per heavy atom. The van der Waals surface area contributed by atoms with E-state index in [0.29, 0.717) is 13.0 Å². The van der Waals surface area contributed by atoms with Crippen molar-refractivity contribution in [3.63, 3.8) is 0 Å². The summed E-state index contributed by atoms with van der Waals surface area (Å²) in [7, 11) is 0. The van der Waals surface area contributed by atoms with Gasteiger partial charge in [-0.05, 0) is 6.92 Å². The van der Waals surface area contributed by atoms with Gasteiger partial charge in [-0.3, -0.25) is 9.59 Å². The fourth-order valence-electron chi connectivity index (χ4n) is 1.16. The number of amides is 1. The van der Waals surface area contributed by atoms with Crippen LogP contribution in [-0.2, 0) is 16.0 Å². The molecule has 1 amide bonds. The molecule has 1 aromatic heterocycles. The molecule has 88 valence electrons. The van der Waals surface area contributed by atoms with Crippen molar-refractivity contribution in [3.8, 4) is 0 Å². The number of hydrogen-bond donors (Lipinski definition) is 2. The van der Waals surface area contributed by atoms with Crippen molar-refractivity contribution < 1.29 is 14.7 Å². The van der Waals surface area contributed by atoms with E-state index in [2.05, 4.69) is 10.3 Å². The van der Waals surface area contributed by atoms with Gasteiger partial charge in [0.2, 0.25) is 5.91 Å². The number of nitrogens with zero attached hydrogens (tertiary/aromatic N) is 1. The summed E-state index contributed by atoms with van der Waals surface area (Å²) in [6, 6.07) is 0. The second-order valence-electron chi connectivity index (χ2n) is 3.35. The van der Waals surface area contributed by atoms with Crippen LogP contribution in [0.5, 0.6) is 0 Å². The van der Waals surface area contributed by atoms with Crippen LogP contribution in [0.4, 0.5) is 0 Å². The molecule has 6 heteroatoms. The number of carboxylic acid groups (broad SMARTS) is 1. The highest BCUT2D eigenvalue weighted by molar-refractivity contribution is 7.09. The fraction of sp³-hybridized carbons (Fsp3) is 0.500. The zero-order valence-electron chi connectivity index (χ0n) is 9.02. The summed E-state index contributed by atoms with van der Waals surface area (Å²) < 4.78 is 0. The molecule has 0 unspecified atom stereocenters. The van der Waals surface area contributed by atoms with E-state index in [4.69, 9.17) is 5.11 Å². The number of carboxylic acids is 1. The molecule has 1 heterocycles. The summed E-state index contributed by atoms with van der Waals surface area (Å²) in [6.07, 6.45) is 0.593. The first kappa shape index (κ1) is 12.6. The number of aromatic nitrogens is 1. The van der Waals surface area contributed by atoms with Crippen molar-refractivity contribution >= 4 is 23.2 Å². The van der Waals surface area contributed by atoms with Crippen LogP contribution >= 0.6 is 11.3 Å². The molecular weight excluding hydrogens is 228 g/mol. The minimum absolute atomic E-state index is 0.0332. The lowest BCUT2D eigenvalue weighted by Gasteiger charge is -2.02. The molecule has 0 radical (unpaired) electrons. The molecule has 16 heavy (non-hydrogen) atoms. The third kappa shape index (κ3) is 4.88. The number of aliphatic carboxylic acids is 1. The van der Waals surface area contributed by atoms with Crippen LogP contribution in [-0.4, -0.2) is 28.5 Å². The average Bonchev–Trinajstić information content (AvgIpc) is 2.61. The van der Waals surface area contributed by atoms with E-state index >= 15 is 0 Å². The van der Waals surface area contributed by atoms with E-state index in [1.807, 2.05) is 12.3 Å². The number of hydrogen-bond acceptors (Lipinski definition) is 4. The smallest absolute Gasteiger partial charge is 0.303 e. The molecule has 0 aliphatic heterocycles. The van der Waals surface area contributed by atoms with E-state index in [-0.39, 0.29) is 18.7 Å². The monoisotopic (exact) mass is 242 g/mol. The van der Waals surface area contributed by atoms with Gasteiger partial charge in [-0.1, -0.05) is 0 Å². The Kier molecular flexibility index (Phi) is 4.91. The Hall–Kier alpha value is -1.43. The Labute approximate surface area is 97.5 Å². The standard InChI is InChI=1S/C10H14N2O3S/c1-7-12-8(6-16-7)4-5-11-9(13)2-3-10(14)15/h6H,2-5H2,1H3,(H,11,13)(H,14,15). The Bertz CT molecular complexity index is 376. The minimum atomic E-state index is -0.953.